The molecule has 1 aromatic rings. The third-order valence-corrected chi connectivity index (χ3v) is 2.59. The summed E-state index contributed by atoms with van der Waals surface area (Å²) in [5.74, 6) is -1.35. The molecule has 0 bridgehead atoms. The van der Waals surface area contributed by atoms with Gasteiger partial charge in [0.05, 0.1) is 6.04 Å². The van der Waals surface area contributed by atoms with Crippen molar-refractivity contribution in [3.8, 4) is 0 Å². The van der Waals surface area contributed by atoms with E-state index in [1.165, 1.54) is 0 Å². The van der Waals surface area contributed by atoms with Gasteiger partial charge in [0.2, 0.25) is 5.91 Å². The minimum absolute atomic E-state index is 0.118. The van der Waals surface area contributed by atoms with E-state index in [4.69, 9.17) is 10.8 Å². The normalized spacial score (nSPS) is 11.9. The Morgan fingerprint density at radius 3 is 2.76 bits per heavy atom. The Hall–Kier alpha value is -1.40. The number of carboxylic acid groups (broad SMARTS) is 1. The number of rotatable bonds is 5. The van der Waals surface area contributed by atoms with Gasteiger partial charge in [0.15, 0.2) is 0 Å². The van der Waals surface area contributed by atoms with Gasteiger partial charge in [-0.1, -0.05) is 22.0 Å². The van der Waals surface area contributed by atoms with Gasteiger partial charge in [-0.3, -0.25) is 9.59 Å². The van der Waals surface area contributed by atoms with Gasteiger partial charge in [-0.05, 0) is 24.6 Å². The molecular formula is C11H13BrN2O3. The molecule has 0 aliphatic heterocycles. The van der Waals surface area contributed by atoms with Crippen LogP contribution in [0.1, 0.15) is 12.8 Å². The van der Waals surface area contributed by atoms with E-state index in [2.05, 4.69) is 21.2 Å². The largest absolute Gasteiger partial charge is 0.481 e. The zero-order valence-electron chi connectivity index (χ0n) is 9.02. The lowest BCUT2D eigenvalue weighted by molar-refractivity contribution is -0.137. The van der Waals surface area contributed by atoms with Gasteiger partial charge in [-0.2, -0.15) is 0 Å². The van der Waals surface area contributed by atoms with Gasteiger partial charge in [0.25, 0.3) is 0 Å². The van der Waals surface area contributed by atoms with Crippen LogP contribution in [0.15, 0.2) is 28.7 Å². The van der Waals surface area contributed by atoms with Crippen LogP contribution in [-0.4, -0.2) is 23.0 Å². The van der Waals surface area contributed by atoms with Crippen molar-refractivity contribution in [3.05, 3.63) is 28.7 Å². The SMILES string of the molecule is NC(CCC(=O)O)C(=O)Nc1cccc(Br)c1. The zero-order valence-corrected chi connectivity index (χ0v) is 10.6. The molecule has 0 fully saturated rings. The van der Waals surface area contributed by atoms with Crippen LogP contribution < -0.4 is 11.1 Å². The fourth-order valence-electron chi connectivity index (χ4n) is 1.21. The van der Waals surface area contributed by atoms with E-state index in [9.17, 15) is 9.59 Å². The van der Waals surface area contributed by atoms with Gasteiger partial charge in [0, 0.05) is 16.6 Å². The number of amides is 1. The van der Waals surface area contributed by atoms with Crippen LogP contribution >= 0.6 is 15.9 Å². The average molecular weight is 301 g/mol. The van der Waals surface area contributed by atoms with Crippen LogP contribution in [0.5, 0.6) is 0 Å². The Kier molecular flexibility index (Phi) is 5.11. The van der Waals surface area contributed by atoms with Crippen LogP contribution in [0, 0.1) is 0 Å². The second kappa shape index (κ2) is 6.36. The Bertz CT molecular complexity index is 423. The molecule has 5 nitrogen and oxygen atoms in total. The summed E-state index contributed by atoms with van der Waals surface area (Å²) in [4.78, 5) is 21.9. The maximum Gasteiger partial charge on any atom is 0.303 e. The molecule has 0 aliphatic rings. The molecule has 6 heteroatoms. The number of nitrogens with one attached hydrogen (secondary N) is 1. The maximum absolute atomic E-state index is 11.6. The number of carboxylic acids is 1. The van der Waals surface area contributed by atoms with Crippen molar-refractivity contribution < 1.29 is 14.7 Å². The molecule has 0 aromatic heterocycles. The lowest BCUT2D eigenvalue weighted by atomic mass is 10.1. The molecule has 1 amide bonds. The summed E-state index contributed by atoms with van der Waals surface area (Å²) in [7, 11) is 0. The molecule has 1 aromatic carbocycles. The van der Waals surface area contributed by atoms with E-state index >= 15 is 0 Å². The van der Waals surface area contributed by atoms with Crippen molar-refractivity contribution in [1.29, 1.82) is 0 Å². The van der Waals surface area contributed by atoms with Gasteiger partial charge in [-0.25, -0.2) is 0 Å². The minimum atomic E-state index is -0.962. The van der Waals surface area contributed by atoms with Crippen molar-refractivity contribution >= 4 is 33.5 Å². The highest BCUT2D eigenvalue weighted by Gasteiger charge is 2.14. The Morgan fingerprint density at radius 1 is 1.47 bits per heavy atom. The highest BCUT2D eigenvalue weighted by Crippen LogP contribution is 2.15. The van der Waals surface area contributed by atoms with Gasteiger partial charge in [0.1, 0.15) is 0 Å². The van der Waals surface area contributed by atoms with Gasteiger partial charge >= 0.3 is 5.97 Å². The highest BCUT2D eigenvalue weighted by molar-refractivity contribution is 9.10. The summed E-state index contributed by atoms with van der Waals surface area (Å²) in [6.45, 7) is 0. The molecular weight excluding hydrogens is 288 g/mol. The van der Waals surface area contributed by atoms with E-state index in [1.807, 2.05) is 6.07 Å². The van der Waals surface area contributed by atoms with Crippen LogP contribution in [-0.2, 0) is 9.59 Å². The fraction of sp³-hybridized carbons (Fsp3) is 0.273. The molecule has 0 radical (unpaired) electrons. The van der Waals surface area contributed by atoms with E-state index in [-0.39, 0.29) is 18.7 Å². The fourth-order valence-corrected chi connectivity index (χ4v) is 1.61. The molecule has 1 unspecified atom stereocenters. The second-order valence-electron chi connectivity index (χ2n) is 3.54. The Labute approximate surface area is 107 Å². The molecule has 17 heavy (non-hydrogen) atoms. The number of halogens is 1. The van der Waals surface area contributed by atoms with Crippen LogP contribution in [0.4, 0.5) is 5.69 Å². The predicted molar refractivity (Wildman–Crippen MR) is 67.6 cm³/mol. The Balaban J connectivity index is 2.51. The first kappa shape index (κ1) is 13.7. The number of aliphatic carboxylic acids is 1. The molecule has 92 valence electrons. The lowest BCUT2D eigenvalue weighted by Crippen LogP contribution is -2.36. The minimum Gasteiger partial charge on any atom is -0.481 e. The summed E-state index contributed by atoms with van der Waals surface area (Å²) in [5, 5.41) is 11.1. The molecule has 0 heterocycles. The third kappa shape index (κ3) is 4.97. The van der Waals surface area contributed by atoms with Crippen LogP contribution in [0.3, 0.4) is 0 Å². The first-order valence-corrected chi connectivity index (χ1v) is 5.82. The second-order valence-corrected chi connectivity index (χ2v) is 4.45. The summed E-state index contributed by atoms with van der Waals surface area (Å²) >= 11 is 3.28. The predicted octanol–water partition coefficient (Wildman–Crippen LogP) is 1.58. The van der Waals surface area contributed by atoms with Crippen LogP contribution in [0.25, 0.3) is 0 Å². The lowest BCUT2D eigenvalue weighted by Gasteiger charge is -2.11. The van der Waals surface area contributed by atoms with E-state index in [0.29, 0.717) is 5.69 Å². The van der Waals surface area contributed by atoms with Gasteiger partial charge < -0.3 is 16.2 Å². The summed E-state index contributed by atoms with van der Waals surface area (Å²) in [6.07, 6.45) is 0.00222. The van der Waals surface area contributed by atoms with Crippen molar-refractivity contribution in [1.82, 2.24) is 0 Å². The van der Waals surface area contributed by atoms with Crippen molar-refractivity contribution in [2.75, 3.05) is 5.32 Å². The molecule has 1 atom stereocenters. The monoisotopic (exact) mass is 300 g/mol. The quantitative estimate of drug-likeness (QED) is 0.770. The first-order chi connectivity index (χ1) is 7.99. The average Bonchev–Trinajstić information content (AvgIpc) is 2.25. The number of carbonyl (C=O) groups is 2. The molecule has 0 saturated carbocycles. The third-order valence-electron chi connectivity index (χ3n) is 2.10. The summed E-state index contributed by atoms with van der Waals surface area (Å²) in [5.41, 5.74) is 6.18. The molecule has 0 aliphatic carbocycles. The number of benzene rings is 1. The Morgan fingerprint density at radius 2 is 2.18 bits per heavy atom. The van der Waals surface area contributed by atoms with Crippen molar-refractivity contribution in [3.63, 3.8) is 0 Å². The maximum atomic E-state index is 11.6. The van der Waals surface area contributed by atoms with Crippen molar-refractivity contribution in [2.24, 2.45) is 5.73 Å². The molecule has 0 saturated heterocycles. The molecule has 1 rings (SSSR count). The topological polar surface area (TPSA) is 92.4 Å². The zero-order chi connectivity index (χ0) is 12.8. The number of nitrogens with two attached hydrogens (primary N) is 1. The highest BCUT2D eigenvalue weighted by atomic mass is 79.9. The van der Waals surface area contributed by atoms with E-state index < -0.39 is 12.0 Å². The smallest absolute Gasteiger partial charge is 0.303 e. The van der Waals surface area contributed by atoms with Crippen molar-refractivity contribution in [2.45, 2.75) is 18.9 Å². The summed E-state index contributed by atoms with van der Waals surface area (Å²) in [6, 6.07) is 6.27. The van der Waals surface area contributed by atoms with E-state index in [0.717, 1.165) is 4.47 Å². The summed E-state index contributed by atoms with van der Waals surface area (Å²) < 4.78 is 0.842. The standard InChI is InChI=1S/C11H13BrN2O3/c12-7-2-1-3-8(6-7)14-11(17)9(13)4-5-10(15)16/h1-3,6,9H,4-5,13H2,(H,14,17)(H,15,16). The number of anilines is 1. The van der Waals surface area contributed by atoms with E-state index in [1.54, 1.807) is 18.2 Å². The first-order valence-electron chi connectivity index (χ1n) is 5.03. The van der Waals surface area contributed by atoms with Crippen LogP contribution in [0.2, 0.25) is 0 Å². The number of carbonyl (C=O) groups excluding carboxylic acids is 1. The number of hydrogen-bond acceptors (Lipinski definition) is 3. The molecule has 4 N–H and O–H groups in total. The molecule has 0 spiro atoms. The number of hydrogen-bond donors (Lipinski definition) is 3. The van der Waals surface area contributed by atoms with Gasteiger partial charge in [-0.15, -0.1) is 0 Å².